The van der Waals surface area contributed by atoms with E-state index >= 15 is 0 Å². The molecule has 0 atom stereocenters. The quantitative estimate of drug-likeness (QED) is 0.562. The second kappa shape index (κ2) is 3.28. The number of hydrogen-bond acceptors (Lipinski definition) is 2. The Morgan fingerprint density at radius 2 is 2.09 bits per heavy atom. The van der Waals surface area contributed by atoms with Crippen molar-refractivity contribution in [2.45, 2.75) is 20.8 Å². The van der Waals surface area contributed by atoms with E-state index in [-0.39, 0.29) is 0 Å². The van der Waals surface area contributed by atoms with Gasteiger partial charge in [-0.2, -0.15) is 0 Å². The predicted octanol–water partition coefficient (Wildman–Crippen LogP) is 2.50. The van der Waals surface area contributed by atoms with Crippen LogP contribution in [0.1, 0.15) is 19.5 Å². The summed E-state index contributed by atoms with van der Waals surface area (Å²) in [6, 6.07) is 5.83. The molecule has 0 fully saturated rings. The summed E-state index contributed by atoms with van der Waals surface area (Å²) in [5.41, 5.74) is 2.04. The van der Waals surface area contributed by atoms with Crippen LogP contribution in [0, 0.1) is 6.92 Å². The van der Waals surface area contributed by atoms with Crippen molar-refractivity contribution in [2.24, 2.45) is 4.99 Å². The summed E-state index contributed by atoms with van der Waals surface area (Å²) in [5, 5.41) is 0. The first kappa shape index (κ1) is 7.92. The maximum absolute atomic E-state index is 4.23. The van der Waals surface area contributed by atoms with Gasteiger partial charge in [0.25, 0.3) is 0 Å². The Balaban J connectivity index is 2.97. The van der Waals surface area contributed by atoms with Crippen LogP contribution >= 0.6 is 0 Å². The third-order valence-electron chi connectivity index (χ3n) is 1.21. The van der Waals surface area contributed by atoms with Crippen molar-refractivity contribution in [3.05, 3.63) is 23.9 Å². The van der Waals surface area contributed by atoms with Crippen molar-refractivity contribution in [2.75, 3.05) is 0 Å². The Morgan fingerprint density at radius 3 is 2.64 bits per heavy atom. The van der Waals surface area contributed by atoms with Crippen molar-refractivity contribution in [1.29, 1.82) is 0 Å². The summed E-state index contributed by atoms with van der Waals surface area (Å²) in [6.07, 6.45) is 0. The van der Waals surface area contributed by atoms with Gasteiger partial charge >= 0.3 is 0 Å². The van der Waals surface area contributed by atoms with Gasteiger partial charge in [0.05, 0.1) is 0 Å². The van der Waals surface area contributed by atoms with Crippen LogP contribution in [0.15, 0.2) is 23.2 Å². The van der Waals surface area contributed by atoms with E-state index in [0.29, 0.717) is 0 Å². The number of aliphatic imine (C=N–C) groups is 1. The maximum atomic E-state index is 4.23. The molecule has 0 saturated carbocycles. The molecule has 0 aliphatic carbocycles. The van der Waals surface area contributed by atoms with Crippen LogP contribution in [0.25, 0.3) is 0 Å². The van der Waals surface area contributed by atoms with E-state index in [9.17, 15) is 0 Å². The number of pyridine rings is 1. The minimum absolute atomic E-state index is 0.796. The molecule has 1 aromatic heterocycles. The lowest BCUT2D eigenvalue weighted by Gasteiger charge is -1.94. The molecule has 0 unspecified atom stereocenters. The molecule has 0 spiro atoms. The first-order valence-corrected chi connectivity index (χ1v) is 3.64. The van der Waals surface area contributed by atoms with Crippen LogP contribution in [0.5, 0.6) is 0 Å². The first-order chi connectivity index (χ1) is 5.18. The third-order valence-corrected chi connectivity index (χ3v) is 1.21. The highest BCUT2D eigenvalue weighted by molar-refractivity contribution is 5.81. The van der Waals surface area contributed by atoms with E-state index in [1.54, 1.807) is 0 Å². The molecule has 0 aliphatic heterocycles. The molecule has 2 nitrogen and oxygen atoms in total. The highest BCUT2D eigenvalue weighted by Crippen LogP contribution is 2.07. The summed E-state index contributed by atoms with van der Waals surface area (Å²) < 4.78 is 0. The van der Waals surface area contributed by atoms with Crippen LogP contribution in [-0.4, -0.2) is 10.7 Å². The van der Waals surface area contributed by atoms with Gasteiger partial charge in [0, 0.05) is 11.4 Å². The molecule has 0 N–H and O–H groups in total. The summed E-state index contributed by atoms with van der Waals surface area (Å²) in [7, 11) is 0. The fourth-order valence-corrected chi connectivity index (χ4v) is 0.820. The molecular formula is C9H12N2. The molecule has 0 amide bonds. The molecular weight excluding hydrogens is 136 g/mol. The lowest BCUT2D eigenvalue weighted by molar-refractivity contribution is 1.17. The zero-order chi connectivity index (χ0) is 8.27. The van der Waals surface area contributed by atoms with Gasteiger partial charge in [-0.3, -0.25) is 0 Å². The van der Waals surface area contributed by atoms with Crippen molar-refractivity contribution >= 4 is 11.5 Å². The van der Waals surface area contributed by atoms with E-state index < -0.39 is 0 Å². The molecule has 1 heterocycles. The smallest absolute Gasteiger partial charge is 0.151 e. The van der Waals surface area contributed by atoms with E-state index in [1.807, 2.05) is 39.0 Å². The minimum atomic E-state index is 0.796. The average molecular weight is 148 g/mol. The monoisotopic (exact) mass is 148 g/mol. The Bertz CT molecular complexity index is 273. The molecule has 2 heteroatoms. The SMILES string of the molecule is CC(C)=Nc1cccc(C)n1. The molecule has 1 rings (SSSR count). The molecule has 0 saturated heterocycles. The Labute approximate surface area is 67.0 Å². The normalized spacial score (nSPS) is 9.36. The van der Waals surface area contributed by atoms with Crippen molar-refractivity contribution in [3.8, 4) is 0 Å². The zero-order valence-corrected chi connectivity index (χ0v) is 7.13. The molecule has 0 aromatic carbocycles. The standard InChI is InChI=1S/C9H12N2/c1-7(2)10-9-6-4-5-8(3)11-9/h4-6H,1-3H3. The van der Waals surface area contributed by atoms with Gasteiger partial charge in [-0.15, -0.1) is 0 Å². The second-order valence-electron chi connectivity index (χ2n) is 2.70. The minimum Gasteiger partial charge on any atom is -0.239 e. The number of aromatic nitrogens is 1. The molecule has 1 aromatic rings. The van der Waals surface area contributed by atoms with Gasteiger partial charge in [0.15, 0.2) is 5.82 Å². The van der Waals surface area contributed by atoms with E-state index in [1.165, 1.54) is 0 Å². The highest BCUT2D eigenvalue weighted by atomic mass is 14.9. The number of aryl methyl sites for hydroxylation is 1. The molecule has 0 aliphatic rings. The van der Waals surface area contributed by atoms with Crippen LogP contribution in [0.2, 0.25) is 0 Å². The van der Waals surface area contributed by atoms with Gasteiger partial charge in [-0.25, -0.2) is 9.98 Å². The van der Waals surface area contributed by atoms with E-state index in [4.69, 9.17) is 0 Å². The van der Waals surface area contributed by atoms with Crippen molar-refractivity contribution < 1.29 is 0 Å². The third kappa shape index (κ3) is 2.50. The number of nitrogens with zero attached hydrogens (tertiary/aromatic N) is 2. The van der Waals surface area contributed by atoms with Crippen molar-refractivity contribution in [1.82, 2.24) is 4.98 Å². The van der Waals surface area contributed by atoms with Crippen molar-refractivity contribution in [3.63, 3.8) is 0 Å². The van der Waals surface area contributed by atoms with Gasteiger partial charge in [-0.1, -0.05) is 6.07 Å². The summed E-state index contributed by atoms with van der Waals surface area (Å²) in [4.78, 5) is 8.45. The molecule has 11 heavy (non-hydrogen) atoms. The van der Waals surface area contributed by atoms with Gasteiger partial charge in [0.2, 0.25) is 0 Å². The first-order valence-electron chi connectivity index (χ1n) is 3.64. The fourth-order valence-electron chi connectivity index (χ4n) is 0.820. The van der Waals surface area contributed by atoms with Crippen LogP contribution in [-0.2, 0) is 0 Å². The number of rotatable bonds is 1. The lowest BCUT2D eigenvalue weighted by atomic mass is 10.4. The Morgan fingerprint density at radius 1 is 1.36 bits per heavy atom. The summed E-state index contributed by atoms with van der Waals surface area (Å²) in [5.74, 6) is 0.796. The summed E-state index contributed by atoms with van der Waals surface area (Å²) in [6.45, 7) is 5.89. The topological polar surface area (TPSA) is 25.2 Å². The van der Waals surface area contributed by atoms with E-state index in [2.05, 4.69) is 9.98 Å². The molecule has 0 radical (unpaired) electrons. The fraction of sp³-hybridized carbons (Fsp3) is 0.333. The average Bonchev–Trinajstić information content (AvgIpc) is 1.85. The van der Waals surface area contributed by atoms with Crippen LogP contribution in [0.3, 0.4) is 0 Å². The summed E-state index contributed by atoms with van der Waals surface area (Å²) >= 11 is 0. The Hall–Kier alpha value is -1.18. The van der Waals surface area contributed by atoms with Gasteiger partial charge in [0.1, 0.15) is 0 Å². The largest absolute Gasteiger partial charge is 0.239 e. The maximum Gasteiger partial charge on any atom is 0.151 e. The van der Waals surface area contributed by atoms with Crippen LogP contribution < -0.4 is 0 Å². The lowest BCUT2D eigenvalue weighted by Crippen LogP contribution is -1.82. The zero-order valence-electron chi connectivity index (χ0n) is 7.13. The van der Waals surface area contributed by atoms with Crippen LogP contribution in [0.4, 0.5) is 5.82 Å². The molecule has 0 bridgehead atoms. The predicted molar refractivity (Wildman–Crippen MR) is 47.4 cm³/mol. The second-order valence-corrected chi connectivity index (χ2v) is 2.70. The highest BCUT2D eigenvalue weighted by Gasteiger charge is 1.89. The van der Waals surface area contributed by atoms with E-state index in [0.717, 1.165) is 17.2 Å². The Kier molecular flexibility index (Phi) is 2.36. The van der Waals surface area contributed by atoms with Gasteiger partial charge in [-0.05, 0) is 32.9 Å². The molecule has 58 valence electrons. The van der Waals surface area contributed by atoms with Gasteiger partial charge < -0.3 is 0 Å². The number of hydrogen-bond donors (Lipinski definition) is 0.